The number of hydrogen-bond donors (Lipinski definition) is 2. The Bertz CT molecular complexity index is 1190. The number of H-pyrrole nitrogens is 1. The number of carbonyl (C=O) groups excluding carboxylic acids is 1. The Kier molecular flexibility index (Phi) is 4.14. The monoisotopic (exact) mass is 383 g/mol. The zero-order valence-corrected chi connectivity index (χ0v) is 15.3. The number of anilines is 1. The van der Waals surface area contributed by atoms with Crippen molar-refractivity contribution in [3.8, 4) is 5.69 Å². The van der Waals surface area contributed by atoms with Gasteiger partial charge in [-0.15, -0.1) is 0 Å². The fourth-order valence-corrected chi connectivity index (χ4v) is 3.32. The fraction of sp³-hybridized carbons (Fsp3) is 0.0526. The predicted octanol–water partition coefficient (Wildman–Crippen LogP) is 5.50. The average Bonchev–Trinajstić information content (AvgIpc) is 3.20. The minimum atomic E-state index is -0.329. The van der Waals surface area contributed by atoms with Gasteiger partial charge in [-0.2, -0.15) is 0 Å². The van der Waals surface area contributed by atoms with Crippen LogP contribution in [-0.2, 0) is 0 Å². The van der Waals surface area contributed by atoms with Gasteiger partial charge in [0.25, 0.3) is 5.91 Å². The average molecular weight is 384 g/mol. The molecule has 5 nitrogen and oxygen atoms in total. The van der Waals surface area contributed by atoms with Crippen molar-refractivity contribution in [3.63, 3.8) is 0 Å². The van der Waals surface area contributed by atoms with Crippen molar-refractivity contribution in [1.82, 2.24) is 9.55 Å². The van der Waals surface area contributed by atoms with Gasteiger partial charge in [0.15, 0.2) is 16.1 Å². The van der Waals surface area contributed by atoms with Gasteiger partial charge in [-0.1, -0.05) is 29.8 Å². The summed E-state index contributed by atoms with van der Waals surface area (Å²) < 4.78 is 8.11. The van der Waals surface area contributed by atoms with E-state index in [4.69, 9.17) is 28.2 Å². The van der Waals surface area contributed by atoms with Crippen LogP contribution in [0.1, 0.15) is 16.1 Å². The number of aryl methyl sites for hydroxylation is 1. The minimum Gasteiger partial charge on any atom is -0.449 e. The number of furan rings is 1. The van der Waals surface area contributed by atoms with Crippen molar-refractivity contribution >= 4 is 46.4 Å². The fourth-order valence-electron chi connectivity index (χ4n) is 2.87. The molecule has 0 radical (unpaired) electrons. The van der Waals surface area contributed by atoms with Gasteiger partial charge in [0.2, 0.25) is 0 Å². The van der Waals surface area contributed by atoms with E-state index in [0.29, 0.717) is 21.1 Å². The quantitative estimate of drug-likeness (QED) is 0.459. The molecule has 2 aromatic carbocycles. The van der Waals surface area contributed by atoms with Crippen LogP contribution in [0.5, 0.6) is 0 Å². The number of nitrogens with zero attached hydrogens (tertiary/aromatic N) is 1. The van der Waals surface area contributed by atoms with Crippen LogP contribution in [0.3, 0.4) is 0 Å². The summed E-state index contributed by atoms with van der Waals surface area (Å²) in [7, 11) is 0. The number of carbonyl (C=O) groups is 1. The SMILES string of the molecule is Cc1c(C(=O)Nc2cccc(-n3cc[nH]c3=S)c2)oc2c(Cl)cccc12. The maximum absolute atomic E-state index is 12.7. The lowest BCUT2D eigenvalue weighted by Gasteiger charge is -2.07. The molecule has 130 valence electrons. The first-order valence-corrected chi connectivity index (χ1v) is 8.68. The Morgan fingerprint density at radius 2 is 2.08 bits per heavy atom. The summed E-state index contributed by atoms with van der Waals surface area (Å²) in [5, 5.41) is 4.18. The smallest absolute Gasteiger partial charge is 0.291 e. The molecule has 4 aromatic rings. The minimum absolute atomic E-state index is 0.247. The van der Waals surface area contributed by atoms with Crippen molar-refractivity contribution in [1.29, 1.82) is 0 Å². The summed E-state index contributed by atoms with van der Waals surface area (Å²) in [5.74, 6) is -0.0821. The Morgan fingerprint density at radius 1 is 1.27 bits per heavy atom. The Labute approximate surface area is 159 Å². The summed E-state index contributed by atoms with van der Waals surface area (Å²) in [5.41, 5.74) is 2.76. The van der Waals surface area contributed by atoms with Crippen molar-refractivity contribution < 1.29 is 9.21 Å². The van der Waals surface area contributed by atoms with Crippen LogP contribution in [0.4, 0.5) is 5.69 Å². The lowest BCUT2D eigenvalue weighted by molar-refractivity contribution is 0.0998. The molecule has 2 aromatic heterocycles. The lowest BCUT2D eigenvalue weighted by Crippen LogP contribution is -2.12. The van der Waals surface area contributed by atoms with Crippen LogP contribution in [0.25, 0.3) is 16.7 Å². The number of fused-ring (bicyclic) bond motifs is 1. The van der Waals surface area contributed by atoms with Crippen LogP contribution in [0, 0.1) is 11.7 Å². The number of nitrogens with one attached hydrogen (secondary N) is 2. The van der Waals surface area contributed by atoms with Gasteiger partial charge in [0.1, 0.15) is 0 Å². The highest BCUT2D eigenvalue weighted by molar-refractivity contribution is 7.71. The van der Waals surface area contributed by atoms with Gasteiger partial charge in [-0.25, -0.2) is 0 Å². The molecule has 4 rings (SSSR count). The topological polar surface area (TPSA) is 63.0 Å². The van der Waals surface area contributed by atoms with Crippen LogP contribution in [-0.4, -0.2) is 15.5 Å². The summed E-state index contributed by atoms with van der Waals surface area (Å²) in [6.45, 7) is 1.84. The zero-order valence-electron chi connectivity index (χ0n) is 13.7. The number of para-hydroxylation sites is 1. The van der Waals surface area contributed by atoms with Crippen LogP contribution >= 0.6 is 23.8 Å². The Balaban J connectivity index is 1.67. The molecule has 0 unspecified atom stereocenters. The van der Waals surface area contributed by atoms with Crippen LogP contribution in [0.2, 0.25) is 5.02 Å². The van der Waals surface area contributed by atoms with Gasteiger partial charge in [0.05, 0.1) is 5.02 Å². The number of imidazole rings is 1. The van der Waals surface area contributed by atoms with E-state index in [1.165, 1.54) is 0 Å². The second-order valence-electron chi connectivity index (χ2n) is 5.81. The zero-order chi connectivity index (χ0) is 18.3. The van der Waals surface area contributed by atoms with Gasteiger partial charge >= 0.3 is 0 Å². The van der Waals surface area contributed by atoms with E-state index in [1.807, 2.05) is 54.1 Å². The van der Waals surface area contributed by atoms with E-state index < -0.39 is 0 Å². The number of rotatable bonds is 3. The molecule has 0 spiro atoms. The molecular formula is C19H14ClN3O2S. The summed E-state index contributed by atoms with van der Waals surface area (Å²) in [6.07, 6.45) is 3.59. The molecule has 0 atom stereocenters. The largest absolute Gasteiger partial charge is 0.449 e. The predicted molar refractivity (Wildman–Crippen MR) is 105 cm³/mol. The number of benzene rings is 2. The van der Waals surface area contributed by atoms with E-state index >= 15 is 0 Å². The van der Waals surface area contributed by atoms with E-state index in [0.717, 1.165) is 16.6 Å². The number of halogens is 1. The maximum Gasteiger partial charge on any atom is 0.291 e. The second-order valence-corrected chi connectivity index (χ2v) is 6.61. The Hall–Kier alpha value is -2.83. The first-order chi connectivity index (χ1) is 12.5. The first-order valence-electron chi connectivity index (χ1n) is 7.90. The van der Waals surface area contributed by atoms with E-state index in [9.17, 15) is 4.79 Å². The maximum atomic E-state index is 12.7. The third kappa shape index (κ3) is 2.83. The highest BCUT2D eigenvalue weighted by Crippen LogP contribution is 2.31. The van der Waals surface area contributed by atoms with Gasteiger partial charge < -0.3 is 14.7 Å². The molecule has 7 heteroatoms. The van der Waals surface area contributed by atoms with Crippen molar-refractivity contribution in [2.75, 3.05) is 5.32 Å². The number of aromatic amines is 1. The Morgan fingerprint density at radius 3 is 2.81 bits per heavy atom. The molecule has 0 aliphatic carbocycles. The van der Waals surface area contributed by atoms with Crippen molar-refractivity contribution in [3.05, 3.63) is 76.0 Å². The summed E-state index contributed by atoms with van der Waals surface area (Å²) in [4.78, 5) is 15.6. The molecule has 1 amide bonds. The highest BCUT2D eigenvalue weighted by atomic mass is 35.5. The first kappa shape index (κ1) is 16.6. The normalized spacial score (nSPS) is 11.0. The van der Waals surface area contributed by atoms with E-state index in [1.54, 1.807) is 12.3 Å². The number of hydrogen-bond acceptors (Lipinski definition) is 3. The van der Waals surface area contributed by atoms with Crippen molar-refractivity contribution in [2.45, 2.75) is 6.92 Å². The molecule has 0 saturated carbocycles. The number of aromatic nitrogens is 2. The molecule has 0 aliphatic rings. The van der Waals surface area contributed by atoms with Gasteiger partial charge in [0, 0.05) is 34.7 Å². The standard InChI is InChI=1S/C19H14ClN3O2S/c1-11-14-6-3-7-15(20)17(14)25-16(11)18(24)22-12-4-2-5-13(10-12)23-9-8-21-19(23)26/h2-10H,1H3,(H,21,26)(H,22,24). The summed E-state index contributed by atoms with van der Waals surface area (Å²) >= 11 is 11.4. The molecular weight excluding hydrogens is 370 g/mol. The van der Waals surface area contributed by atoms with Gasteiger partial charge in [-0.05, 0) is 43.4 Å². The van der Waals surface area contributed by atoms with E-state index in [-0.39, 0.29) is 11.7 Å². The summed E-state index contributed by atoms with van der Waals surface area (Å²) in [6, 6.07) is 12.9. The molecule has 2 N–H and O–H groups in total. The number of amides is 1. The molecule has 0 aliphatic heterocycles. The molecule has 0 fully saturated rings. The molecule has 0 saturated heterocycles. The second kappa shape index (κ2) is 6.48. The highest BCUT2D eigenvalue weighted by Gasteiger charge is 2.19. The molecule has 2 heterocycles. The van der Waals surface area contributed by atoms with Crippen LogP contribution in [0.15, 0.2) is 59.3 Å². The molecule has 26 heavy (non-hydrogen) atoms. The van der Waals surface area contributed by atoms with Crippen LogP contribution < -0.4 is 5.32 Å². The van der Waals surface area contributed by atoms with Crippen molar-refractivity contribution in [2.24, 2.45) is 0 Å². The lowest BCUT2D eigenvalue weighted by atomic mass is 10.1. The van der Waals surface area contributed by atoms with Gasteiger partial charge in [-0.3, -0.25) is 9.36 Å². The van der Waals surface area contributed by atoms with E-state index in [2.05, 4.69) is 10.3 Å². The third-order valence-corrected chi connectivity index (χ3v) is 4.77. The molecule has 0 bridgehead atoms. The third-order valence-electron chi connectivity index (χ3n) is 4.15.